The van der Waals surface area contributed by atoms with Crippen LogP contribution in [0.25, 0.3) is 33.6 Å². The quantitative estimate of drug-likeness (QED) is 0.209. The Morgan fingerprint density at radius 1 is 1.02 bits per heavy atom. The predicted molar refractivity (Wildman–Crippen MR) is 172 cm³/mol. The lowest BCUT2D eigenvalue weighted by atomic mass is 10.1. The van der Waals surface area contributed by atoms with Crippen LogP contribution >= 0.6 is 0 Å². The maximum atomic E-state index is 13.7. The van der Waals surface area contributed by atoms with E-state index in [0.717, 1.165) is 53.1 Å². The summed E-state index contributed by atoms with van der Waals surface area (Å²) in [6.45, 7) is 1.55. The first kappa shape index (κ1) is 27.8. The molecule has 3 fully saturated rings. The second-order valence-electron chi connectivity index (χ2n) is 12.7. The Kier molecular flexibility index (Phi) is 6.42. The molecule has 3 atom stereocenters. The first-order valence-electron chi connectivity index (χ1n) is 15.6. The Morgan fingerprint density at radius 3 is 2.56 bits per heavy atom. The Bertz CT molecular complexity index is 1980. The van der Waals surface area contributed by atoms with E-state index in [1.807, 2.05) is 30.1 Å². The molecular formula is C34H37N7O4. The van der Waals surface area contributed by atoms with E-state index in [2.05, 4.69) is 26.6 Å². The summed E-state index contributed by atoms with van der Waals surface area (Å²) in [5.74, 6) is 3.51. The summed E-state index contributed by atoms with van der Waals surface area (Å²) in [4.78, 5) is 25.8. The largest absolute Gasteiger partial charge is 0.504 e. The van der Waals surface area contributed by atoms with Crippen LogP contribution in [-0.2, 0) is 13.6 Å². The number of nitrogens with one attached hydrogen (secondary N) is 1. The van der Waals surface area contributed by atoms with Crippen LogP contribution in [0, 0.1) is 11.8 Å². The number of hydrogen-bond acceptors (Lipinski definition) is 8. The van der Waals surface area contributed by atoms with Gasteiger partial charge in [0.2, 0.25) is 0 Å². The van der Waals surface area contributed by atoms with Gasteiger partial charge in [-0.05, 0) is 80.0 Å². The summed E-state index contributed by atoms with van der Waals surface area (Å²) in [7, 11) is 5.15. The zero-order chi connectivity index (χ0) is 31.0. The Labute approximate surface area is 260 Å². The van der Waals surface area contributed by atoms with Crippen molar-refractivity contribution in [1.82, 2.24) is 24.0 Å². The van der Waals surface area contributed by atoms with Crippen molar-refractivity contribution in [3.63, 3.8) is 0 Å². The van der Waals surface area contributed by atoms with Crippen molar-refractivity contribution >= 4 is 39.5 Å². The highest BCUT2D eigenvalue weighted by molar-refractivity contribution is 6.00. The number of anilines is 2. The van der Waals surface area contributed by atoms with Gasteiger partial charge < -0.3 is 39.7 Å². The maximum absolute atomic E-state index is 13.7. The number of ether oxygens (including phenoxy) is 2. The molecule has 2 saturated carbocycles. The van der Waals surface area contributed by atoms with Gasteiger partial charge in [-0.2, -0.15) is 0 Å². The van der Waals surface area contributed by atoms with Crippen molar-refractivity contribution in [3.05, 3.63) is 54.1 Å². The molecule has 11 nitrogen and oxygen atoms in total. The molecule has 4 heterocycles. The molecule has 2 aromatic carbocycles. The van der Waals surface area contributed by atoms with Crippen molar-refractivity contribution < 1.29 is 19.4 Å². The van der Waals surface area contributed by atoms with Crippen LogP contribution in [0.5, 0.6) is 17.2 Å². The number of likely N-dealkylation sites (tertiary alicyclic amines) is 1. The van der Waals surface area contributed by atoms with Gasteiger partial charge in [0.05, 0.1) is 25.4 Å². The van der Waals surface area contributed by atoms with Crippen LogP contribution in [-0.4, -0.2) is 67.9 Å². The summed E-state index contributed by atoms with van der Waals surface area (Å²) < 4.78 is 15.4. The Balaban J connectivity index is 1.19. The number of nitrogens with two attached hydrogens (primary N) is 1. The summed E-state index contributed by atoms with van der Waals surface area (Å²) in [6.07, 6.45) is 4.43. The molecule has 45 heavy (non-hydrogen) atoms. The minimum absolute atomic E-state index is 0.0108. The van der Waals surface area contributed by atoms with Gasteiger partial charge >= 0.3 is 0 Å². The lowest BCUT2D eigenvalue weighted by molar-refractivity contribution is 0.0700. The molecule has 3 aliphatic rings. The molecule has 2 aliphatic carbocycles. The van der Waals surface area contributed by atoms with Gasteiger partial charge in [0.15, 0.2) is 17.3 Å². The van der Waals surface area contributed by atoms with Crippen LogP contribution in [0.4, 0.5) is 11.5 Å². The molecule has 2 bridgehead atoms. The molecule has 8 rings (SSSR count). The lowest BCUT2D eigenvalue weighted by Crippen LogP contribution is -2.41. The third kappa shape index (κ3) is 4.56. The van der Waals surface area contributed by atoms with Gasteiger partial charge in [-0.3, -0.25) is 4.79 Å². The van der Waals surface area contributed by atoms with E-state index in [9.17, 15) is 9.90 Å². The fraction of sp³-hybridized carbons (Fsp3) is 0.382. The molecule has 0 radical (unpaired) electrons. The fourth-order valence-corrected chi connectivity index (χ4v) is 7.30. The number of carbonyl (C=O) groups is 1. The van der Waals surface area contributed by atoms with Gasteiger partial charge in [-0.1, -0.05) is 0 Å². The summed E-state index contributed by atoms with van der Waals surface area (Å²) >= 11 is 0. The Hall–Kier alpha value is -4.77. The number of aromatic hydroxyl groups is 1. The first-order valence-corrected chi connectivity index (χ1v) is 15.6. The van der Waals surface area contributed by atoms with Crippen molar-refractivity contribution in [2.75, 3.05) is 26.1 Å². The second kappa shape index (κ2) is 10.4. The molecule has 0 spiro atoms. The molecule has 3 aromatic heterocycles. The SMILES string of the molecule is COc1cc(Nc2ccc3cc(-c4nc5cc(C(=O)N6CC7CCC6C7N)cc(OC)c5n4C)n(CC4CC4)c3n2)ccc1O. The number of fused-ring (bicyclic) bond motifs is 4. The number of piperidine rings is 1. The number of hydrogen-bond donors (Lipinski definition) is 3. The number of nitrogens with zero attached hydrogens (tertiary/aromatic N) is 5. The Morgan fingerprint density at radius 2 is 1.84 bits per heavy atom. The summed E-state index contributed by atoms with van der Waals surface area (Å²) in [5.41, 5.74) is 11.1. The molecule has 1 amide bonds. The normalized spacial score (nSPS) is 20.8. The zero-order valence-corrected chi connectivity index (χ0v) is 25.7. The van der Waals surface area contributed by atoms with Crippen LogP contribution < -0.4 is 20.5 Å². The van der Waals surface area contributed by atoms with E-state index in [4.69, 9.17) is 25.2 Å². The summed E-state index contributed by atoms with van der Waals surface area (Å²) in [6, 6.07) is 15.1. The molecule has 232 valence electrons. The number of phenols is 1. The van der Waals surface area contributed by atoms with E-state index in [1.54, 1.807) is 25.3 Å². The molecule has 1 aliphatic heterocycles. The standard InChI is InChI=1S/C34H37N7O4/c1-39-31-23(12-21(14-28(31)45-3)34(43)41-17-20-6-9-24(41)30(20)35)37-33(39)25-13-19-7-11-29(38-32(19)40(25)16-18-4-5-18)36-22-8-10-26(42)27(15-22)44-2/h7-8,10-15,18,20,24,30,42H,4-6,9,16-17,35H2,1-3H3,(H,36,38). The number of methoxy groups -OCH3 is 2. The first-order chi connectivity index (χ1) is 21.8. The number of carbonyl (C=O) groups excluding carboxylic acids is 1. The van der Waals surface area contributed by atoms with Crippen LogP contribution in [0.15, 0.2) is 48.5 Å². The predicted octanol–water partition coefficient (Wildman–Crippen LogP) is 5.03. The fourth-order valence-electron chi connectivity index (χ4n) is 7.30. The number of aromatic nitrogens is 4. The third-order valence-corrected chi connectivity index (χ3v) is 9.88. The number of aryl methyl sites for hydroxylation is 1. The van der Waals surface area contributed by atoms with E-state index in [1.165, 1.54) is 20.0 Å². The molecule has 3 unspecified atom stereocenters. The zero-order valence-electron chi connectivity index (χ0n) is 25.7. The summed E-state index contributed by atoms with van der Waals surface area (Å²) in [5, 5.41) is 14.4. The van der Waals surface area contributed by atoms with Crippen molar-refractivity contribution in [2.45, 2.75) is 44.3 Å². The lowest BCUT2D eigenvalue weighted by Gasteiger charge is -2.27. The second-order valence-corrected chi connectivity index (χ2v) is 12.7. The van der Waals surface area contributed by atoms with Crippen molar-refractivity contribution in [3.8, 4) is 28.8 Å². The van der Waals surface area contributed by atoms with E-state index in [-0.39, 0.29) is 23.7 Å². The average Bonchev–Trinajstić information content (AvgIpc) is 3.46. The third-order valence-electron chi connectivity index (χ3n) is 9.88. The molecule has 5 aromatic rings. The highest BCUT2D eigenvalue weighted by atomic mass is 16.5. The van der Waals surface area contributed by atoms with Gasteiger partial charge in [-0.15, -0.1) is 0 Å². The number of benzene rings is 2. The molecule has 4 N–H and O–H groups in total. The number of phenolic OH excluding ortho intramolecular Hbond substituents is 1. The van der Waals surface area contributed by atoms with Gasteiger partial charge in [0.25, 0.3) is 5.91 Å². The van der Waals surface area contributed by atoms with Gasteiger partial charge in [-0.25, -0.2) is 9.97 Å². The molecule has 11 heteroatoms. The van der Waals surface area contributed by atoms with Gasteiger partial charge in [0.1, 0.15) is 22.7 Å². The topological polar surface area (TPSA) is 133 Å². The van der Waals surface area contributed by atoms with Crippen LogP contribution in [0.1, 0.15) is 36.0 Å². The highest BCUT2D eigenvalue weighted by Crippen LogP contribution is 2.40. The van der Waals surface area contributed by atoms with Gasteiger partial charge in [0, 0.05) is 54.9 Å². The van der Waals surface area contributed by atoms with E-state index < -0.39 is 0 Å². The number of rotatable bonds is 8. The average molecular weight is 608 g/mol. The van der Waals surface area contributed by atoms with Crippen molar-refractivity contribution in [1.29, 1.82) is 0 Å². The van der Waals surface area contributed by atoms with E-state index >= 15 is 0 Å². The highest BCUT2D eigenvalue weighted by Gasteiger charge is 2.47. The number of pyridine rings is 1. The minimum Gasteiger partial charge on any atom is -0.504 e. The maximum Gasteiger partial charge on any atom is 0.254 e. The van der Waals surface area contributed by atoms with Crippen LogP contribution in [0.3, 0.4) is 0 Å². The molecular weight excluding hydrogens is 570 g/mol. The monoisotopic (exact) mass is 607 g/mol. The number of amides is 1. The molecule has 1 saturated heterocycles. The smallest absolute Gasteiger partial charge is 0.254 e. The van der Waals surface area contributed by atoms with Crippen LogP contribution in [0.2, 0.25) is 0 Å². The minimum atomic E-state index is -0.0108. The van der Waals surface area contributed by atoms with E-state index in [0.29, 0.717) is 46.8 Å². The number of imidazole rings is 1. The van der Waals surface area contributed by atoms with Crippen molar-refractivity contribution in [2.24, 2.45) is 24.6 Å².